The van der Waals surface area contributed by atoms with E-state index in [9.17, 15) is 13.0 Å². The predicted molar refractivity (Wildman–Crippen MR) is 50.6 cm³/mol. The van der Waals surface area contributed by atoms with Crippen molar-refractivity contribution in [2.45, 2.75) is 4.90 Å². The number of rotatable bonds is 1. The molecule has 1 rings (SSSR count). The largest absolute Gasteiger partial charge is 1.00 e. The van der Waals surface area contributed by atoms with Crippen LogP contribution in [-0.4, -0.2) is 43.7 Å². The molecule has 0 N–H and O–H groups in total. The summed E-state index contributed by atoms with van der Waals surface area (Å²) < 4.78 is 32.1. The molecule has 63 valence electrons. The van der Waals surface area contributed by atoms with E-state index in [-0.39, 0.29) is 39.6 Å². The summed E-state index contributed by atoms with van der Waals surface area (Å²) in [6.45, 7) is 0. The van der Waals surface area contributed by atoms with E-state index in [0.29, 0.717) is 10.4 Å². The van der Waals surface area contributed by atoms with Crippen LogP contribution in [0.25, 0.3) is 0 Å². The van der Waals surface area contributed by atoms with Gasteiger partial charge in [0.2, 0.25) is 0 Å². The van der Waals surface area contributed by atoms with Gasteiger partial charge >= 0.3 is 29.6 Å². The van der Waals surface area contributed by atoms with Crippen LogP contribution in [0.2, 0.25) is 0 Å². The number of hydrogen-bond donors (Lipinski definition) is 0. The number of hydrogen-bond acceptors (Lipinski definition) is 3. The molecule has 3 nitrogen and oxygen atoms in total. The maximum Gasteiger partial charge on any atom is 1.00 e. The first-order chi connectivity index (χ1) is 5.84. The van der Waals surface area contributed by atoms with Gasteiger partial charge in [0.25, 0.3) is 0 Å². The third-order valence-corrected chi connectivity index (χ3v) is 4.45. The molecule has 0 saturated carbocycles. The van der Waals surface area contributed by atoms with Crippen molar-refractivity contribution in [3.8, 4) is 0 Å². The minimum Gasteiger partial charge on any atom is -0.744 e. The average Bonchev–Trinajstić information content (AvgIpc) is 1.98. The monoisotopic (exact) mass is 261 g/mol. The van der Waals surface area contributed by atoms with Gasteiger partial charge in [-0.3, -0.25) is 0 Å². The smallest absolute Gasteiger partial charge is 0.744 e. The molecule has 9 radical (unpaired) electrons. The normalized spacial score (nSPS) is 10.9. The van der Waals surface area contributed by atoms with Crippen LogP contribution in [0.5, 0.6) is 0 Å². The van der Waals surface area contributed by atoms with Gasteiger partial charge in [-0.25, -0.2) is 8.42 Å². The van der Waals surface area contributed by atoms with Gasteiger partial charge < -0.3 is 4.55 Å². The van der Waals surface area contributed by atoms with Crippen molar-refractivity contribution >= 4 is 56.4 Å². The van der Waals surface area contributed by atoms with Crippen molar-refractivity contribution in [3.63, 3.8) is 0 Å². The summed E-state index contributed by atoms with van der Waals surface area (Å²) in [7, 11) is 5.03. The molecule has 0 aliphatic rings. The van der Waals surface area contributed by atoms with E-state index in [1.165, 1.54) is 12.1 Å². The number of benzene rings is 1. The van der Waals surface area contributed by atoms with Crippen LogP contribution >= 0.6 is 0 Å². The second-order valence-electron chi connectivity index (χ2n) is 2.32. The van der Waals surface area contributed by atoms with Gasteiger partial charge in [0, 0.05) is 0 Å². The van der Waals surface area contributed by atoms with Crippen molar-refractivity contribution in [2.75, 3.05) is 0 Å². The Labute approximate surface area is 115 Å². The zero-order chi connectivity index (χ0) is 10.2. The molecular formula is C6H2NaO3SSi3. The minimum absolute atomic E-state index is 0. The van der Waals surface area contributed by atoms with Gasteiger partial charge in [-0.15, -0.1) is 0 Å². The fraction of sp³-hybridized carbons (Fsp3) is 0. The molecule has 1 aromatic carbocycles. The molecule has 0 unspecified atom stereocenters. The molecule has 0 spiro atoms. The van der Waals surface area contributed by atoms with Crippen LogP contribution in [-0.2, 0) is 10.1 Å². The first-order valence-electron chi connectivity index (χ1n) is 3.11. The topological polar surface area (TPSA) is 57.2 Å². The van der Waals surface area contributed by atoms with Crippen LogP contribution in [0, 0.1) is 0 Å². The summed E-state index contributed by atoms with van der Waals surface area (Å²) in [6.07, 6.45) is 0. The van der Waals surface area contributed by atoms with Gasteiger partial charge in [0.15, 0.2) is 0 Å². The van der Waals surface area contributed by atoms with Crippen molar-refractivity contribution in [1.29, 1.82) is 0 Å². The van der Waals surface area contributed by atoms with Crippen molar-refractivity contribution in [1.82, 2.24) is 0 Å². The standard InChI is InChI=1S/C6H3O3SSi3.Na/c7-10(8,9)3-1-2-4(11)6(13)5(3)12;/h1-2H,(H,7,8,9);/q;+1/p-1. The van der Waals surface area contributed by atoms with E-state index in [1.54, 1.807) is 0 Å². The average molecular weight is 261 g/mol. The summed E-state index contributed by atoms with van der Waals surface area (Å²) in [5, 5.41) is 1.37. The molecule has 0 saturated heterocycles. The first kappa shape index (κ1) is 14.8. The summed E-state index contributed by atoms with van der Waals surface area (Å²) in [6, 6.07) is 2.71. The second kappa shape index (κ2) is 5.21. The van der Waals surface area contributed by atoms with E-state index in [1.807, 2.05) is 0 Å². The quantitative estimate of drug-likeness (QED) is 0.374. The minimum atomic E-state index is -4.42. The Morgan fingerprint density at radius 2 is 1.57 bits per heavy atom. The molecular weight excluding hydrogens is 259 g/mol. The van der Waals surface area contributed by atoms with Crippen LogP contribution in [0.3, 0.4) is 0 Å². The van der Waals surface area contributed by atoms with E-state index in [0.717, 1.165) is 0 Å². The molecule has 14 heavy (non-hydrogen) atoms. The molecule has 0 aromatic heterocycles. The molecule has 0 heterocycles. The first-order valence-corrected chi connectivity index (χ1v) is 6.02. The molecule has 0 aliphatic carbocycles. The van der Waals surface area contributed by atoms with E-state index in [4.69, 9.17) is 0 Å². The molecule has 1 aromatic rings. The Hall–Kier alpha value is 0.781. The van der Waals surface area contributed by atoms with Crippen molar-refractivity contribution in [3.05, 3.63) is 12.1 Å². The van der Waals surface area contributed by atoms with Gasteiger partial charge in [0.05, 0.1) is 35.6 Å². The molecule has 0 fully saturated rings. The van der Waals surface area contributed by atoms with E-state index >= 15 is 0 Å². The Morgan fingerprint density at radius 1 is 1.07 bits per heavy atom. The van der Waals surface area contributed by atoms with Crippen molar-refractivity contribution in [2.24, 2.45) is 0 Å². The zero-order valence-electron chi connectivity index (χ0n) is 7.29. The summed E-state index contributed by atoms with van der Waals surface area (Å²) in [4.78, 5) is -0.281. The Morgan fingerprint density at radius 3 is 2.00 bits per heavy atom. The second-order valence-corrected chi connectivity index (χ2v) is 5.20. The fourth-order valence-electron chi connectivity index (χ4n) is 0.792. The Kier molecular flexibility index (Phi) is 5.50. The maximum atomic E-state index is 10.7. The molecule has 0 aliphatic heterocycles. The Bertz CT molecular complexity index is 446. The fourth-order valence-corrected chi connectivity index (χ4v) is 2.61. The maximum absolute atomic E-state index is 10.7. The third-order valence-electron chi connectivity index (χ3n) is 1.44. The third kappa shape index (κ3) is 3.14. The van der Waals surface area contributed by atoms with Gasteiger partial charge in [-0.1, -0.05) is 21.6 Å². The van der Waals surface area contributed by atoms with Gasteiger partial charge in [-0.2, -0.15) is 0 Å². The summed E-state index contributed by atoms with van der Waals surface area (Å²) >= 11 is 0. The molecule has 0 atom stereocenters. The van der Waals surface area contributed by atoms with Crippen LogP contribution in [0.1, 0.15) is 0 Å². The van der Waals surface area contributed by atoms with Gasteiger partial charge in [0.1, 0.15) is 10.1 Å². The zero-order valence-corrected chi connectivity index (χ0v) is 13.1. The molecule has 8 heteroatoms. The molecule has 0 bridgehead atoms. The van der Waals surface area contributed by atoms with E-state index in [2.05, 4.69) is 30.7 Å². The summed E-state index contributed by atoms with van der Waals surface area (Å²) in [5.41, 5.74) is 0. The summed E-state index contributed by atoms with van der Waals surface area (Å²) in [5.74, 6) is 0. The van der Waals surface area contributed by atoms with Crippen LogP contribution < -0.4 is 45.1 Å². The Balaban J connectivity index is 0.00000169. The predicted octanol–water partition coefficient (Wildman–Crippen LogP) is -6.02. The van der Waals surface area contributed by atoms with Crippen LogP contribution in [0.15, 0.2) is 17.0 Å². The van der Waals surface area contributed by atoms with Crippen molar-refractivity contribution < 1.29 is 42.5 Å². The molecule has 0 amide bonds. The van der Waals surface area contributed by atoms with E-state index < -0.39 is 10.1 Å². The SMILES string of the molecule is O=S(=O)([O-])c1ccc([Si])c([Si])c1[Si].[Na+]. The van der Waals surface area contributed by atoms with Crippen LogP contribution in [0.4, 0.5) is 0 Å². The van der Waals surface area contributed by atoms with Gasteiger partial charge in [-0.05, 0) is 6.07 Å².